The molecule has 1 atom stereocenters. The molecule has 0 aromatic heterocycles. The molecule has 0 amide bonds. The van der Waals surface area contributed by atoms with Crippen LogP contribution in [0.15, 0.2) is 146 Å². The lowest BCUT2D eigenvalue weighted by Gasteiger charge is -2.41. The molecule has 0 spiro atoms. The molecule has 3 N–H and O–H groups in total. The molecule has 0 bridgehead atoms. The summed E-state index contributed by atoms with van der Waals surface area (Å²) in [4.78, 5) is 1.89. The minimum absolute atomic E-state index is 0.0376. The Morgan fingerprint density at radius 3 is 1.50 bits per heavy atom. The second-order valence-corrected chi connectivity index (χ2v) is 15.1. The van der Waals surface area contributed by atoms with Gasteiger partial charge in [0.1, 0.15) is 17.0 Å². The van der Waals surface area contributed by atoms with Crippen molar-refractivity contribution >= 4 is 21.5 Å². The predicted molar refractivity (Wildman–Crippen MR) is 212 cm³/mol. The average Bonchev–Trinajstić information content (AvgIpc) is 3.69. The number of rotatable bonds is 8. The topological polar surface area (TPSA) is 63.9 Å². The fourth-order valence-corrected chi connectivity index (χ4v) is 8.85. The maximum Gasteiger partial charge on any atom is 0.416 e. The standard InChI is InChI=1S/C48H39F6NO3/c1-30-27-33(29-55-26-8-17-43(55)45(57,34-18-22-36(23-19-34)47(49,50)51)35-20-24-37(25-21-35)48(52,53)54)44(56)42(28-30)46(58,40-15-6-11-31-9-2-4-13-38(31)40)41-16-7-12-32-10-3-5-14-39(32)41/h2-7,9-16,18-25,27-28,43,56-58H,8,17,26,29H2,1H3/t43-/m0/s1. The van der Waals surface area contributed by atoms with Crippen molar-refractivity contribution in [3.63, 3.8) is 0 Å². The monoisotopic (exact) mass is 791 g/mol. The van der Waals surface area contributed by atoms with Gasteiger partial charge < -0.3 is 15.3 Å². The van der Waals surface area contributed by atoms with E-state index in [1.54, 1.807) is 12.1 Å². The normalized spacial score (nSPS) is 15.7. The number of halogens is 6. The third kappa shape index (κ3) is 6.78. The zero-order chi connectivity index (χ0) is 41.0. The van der Waals surface area contributed by atoms with Gasteiger partial charge in [0.2, 0.25) is 0 Å². The second-order valence-electron chi connectivity index (χ2n) is 15.1. The summed E-state index contributed by atoms with van der Waals surface area (Å²) >= 11 is 0. The number of likely N-dealkylation sites (tertiary alicyclic amines) is 1. The summed E-state index contributed by atoms with van der Waals surface area (Å²) in [5.74, 6) is -0.188. The van der Waals surface area contributed by atoms with Crippen molar-refractivity contribution < 1.29 is 41.7 Å². The van der Waals surface area contributed by atoms with E-state index in [0.717, 1.165) is 75.6 Å². The van der Waals surface area contributed by atoms with Crippen LogP contribution in [0.4, 0.5) is 26.3 Å². The Bertz CT molecular complexity index is 2470. The summed E-state index contributed by atoms with van der Waals surface area (Å²) in [5, 5.41) is 42.0. The molecule has 1 fully saturated rings. The van der Waals surface area contributed by atoms with Gasteiger partial charge in [-0.2, -0.15) is 26.3 Å². The van der Waals surface area contributed by atoms with E-state index >= 15 is 0 Å². The van der Waals surface area contributed by atoms with Crippen LogP contribution in [0.5, 0.6) is 5.75 Å². The number of phenols is 1. The zero-order valence-corrected chi connectivity index (χ0v) is 31.3. The largest absolute Gasteiger partial charge is 0.507 e. The molecule has 296 valence electrons. The SMILES string of the molecule is Cc1cc(CN2CCC[C@H]2C(O)(c2ccc(C(F)(F)F)cc2)c2ccc(C(F)(F)F)cc2)c(O)c(C(O)(c2cccc3ccccc23)c2cccc3ccccc23)c1. The fourth-order valence-electron chi connectivity index (χ4n) is 8.85. The highest BCUT2D eigenvalue weighted by Crippen LogP contribution is 2.48. The number of aryl methyl sites for hydroxylation is 1. The number of hydrogen-bond donors (Lipinski definition) is 3. The molecule has 0 aliphatic carbocycles. The number of hydrogen-bond acceptors (Lipinski definition) is 4. The third-order valence-corrected chi connectivity index (χ3v) is 11.6. The Hall–Kier alpha value is -5.68. The van der Waals surface area contributed by atoms with Crippen molar-refractivity contribution in [3.05, 3.63) is 196 Å². The van der Waals surface area contributed by atoms with Gasteiger partial charge in [-0.1, -0.05) is 121 Å². The van der Waals surface area contributed by atoms with E-state index in [9.17, 15) is 41.7 Å². The summed E-state index contributed by atoms with van der Waals surface area (Å²) in [7, 11) is 0. The van der Waals surface area contributed by atoms with Crippen LogP contribution in [-0.4, -0.2) is 32.8 Å². The molecular formula is C48H39F6NO3. The summed E-state index contributed by atoms with van der Waals surface area (Å²) < 4.78 is 81.8. The number of phenolic OH excluding ortho intramolecular Hbond substituents is 1. The predicted octanol–water partition coefficient (Wildman–Crippen LogP) is 11.2. The molecule has 10 heteroatoms. The smallest absolute Gasteiger partial charge is 0.416 e. The molecule has 0 unspecified atom stereocenters. The van der Waals surface area contributed by atoms with Crippen molar-refractivity contribution in [2.24, 2.45) is 0 Å². The van der Waals surface area contributed by atoms with Gasteiger partial charge in [0.15, 0.2) is 0 Å². The molecule has 1 aliphatic rings. The van der Waals surface area contributed by atoms with Crippen LogP contribution in [-0.2, 0) is 30.1 Å². The molecule has 0 radical (unpaired) electrons. The Balaban J connectivity index is 1.27. The first kappa shape index (κ1) is 39.2. The van der Waals surface area contributed by atoms with E-state index in [0.29, 0.717) is 36.1 Å². The summed E-state index contributed by atoms with van der Waals surface area (Å²) in [5.41, 5.74) is -3.20. The van der Waals surface area contributed by atoms with E-state index in [2.05, 4.69) is 0 Å². The van der Waals surface area contributed by atoms with Crippen LogP contribution in [0, 0.1) is 6.92 Å². The minimum atomic E-state index is -4.65. The van der Waals surface area contributed by atoms with Crippen LogP contribution < -0.4 is 0 Å². The highest BCUT2D eigenvalue weighted by molar-refractivity contribution is 5.92. The van der Waals surface area contributed by atoms with Crippen LogP contribution in [0.1, 0.15) is 62.9 Å². The number of nitrogens with zero attached hydrogens (tertiary/aromatic N) is 1. The first-order chi connectivity index (χ1) is 27.6. The number of aliphatic hydroxyl groups is 2. The Morgan fingerprint density at radius 2 is 1.02 bits per heavy atom. The van der Waals surface area contributed by atoms with E-state index in [-0.39, 0.29) is 29.0 Å². The lowest BCUT2D eigenvalue weighted by atomic mass is 9.75. The minimum Gasteiger partial charge on any atom is -0.507 e. The number of benzene rings is 7. The van der Waals surface area contributed by atoms with Crippen LogP contribution in [0.2, 0.25) is 0 Å². The lowest BCUT2D eigenvalue weighted by Crippen LogP contribution is -2.48. The number of alkyl halides is 6. The third-order valence-electron chi connectivity index (χ3n) is 11.6. The summed E-state index contributed by atoms with van der Waals surface area (Å²) in [6.07, 6.45) is -8.41. The van der Waals surface area contributed by atoms with Gasteiger partial charge in [-0.25, -0.2) is 0 Å². The van der Waals surface area contributed by atoms with Crippen molar-refractivity contribution in [1.29, 1.82) is 0 Å². The molecule has 1 heterocycles. The average molecular weight is 792 g/mol. The van der Waals surface area contributed by atoms with Gasteiger partial charge in [-0.05, 0) is 89.3 Å². The van der Waals surface area contributed by atoms with Gasteiger partial charge >= 0.3 is 12.4 Å². The van der Waals surface area contributed by atoms with Crippen LogP contribution in [0.25, 0.3) is 21.5 Å². The van der Waals surface area contributed by atoms with Gasteiger partial charge in [-0.3, -0.25) is 4.90 Å². The van der Waals surface area contributed by atoms with Crippen molar-refractivity contribution in [1.82, 2.24) is 4.90 Å². The Labute approximate surface area is 331 Å². The molecule has 8 rings (SSSR count). The molecule has 1 aliphatic heterocycles. The molecule has 0 saturated carbocycles. The van der Waals surface area contributed by atoms with Gasteiger partial charge in [0, 0.05) is 34.8 Å². The first-order valence-electron chi connectivity index (χ1n) is 18.9. The van der Waals surface area contributed by atoms with Gasteiger partial charge in [-0.15, -0.1) is 0 Å². The van der Waals surface area contributed by atoms with Crippen LogP contribution in [0.3, 0.4) is 0 Å². The summed E-state index contributed by atoms with van der Waals surface area (Å²) in [6.45, 7) is 2.28. The maximum atomic E-state index is 13.6. The fraction of sp³-hybridized carbons (Fsp3) is 0.208. The molecule has 4 nitrogen and oxygen atoms in total. The van der Waals surface area contributed by atoms with Crippen molar-refractivity contribution in [3.8, 4) is 5.75 Å². The maximum absolute atomic E-state index is 13.6. The number of aromatic hydroxyl groups is 1. The van der Waals surface area contributed by atoms with E-state index < -0.39 is 40.7 Å². The quantitative estimate of drug-likeness (QED) is 0.106. The molecule has 58 heavy (non-hydrogen) atoms. The van der Waals surface area contributed by atoms with Crippen molar-refractivity contribution in [2.45, 2.75) is 55.9 Å². The molecule has 7 aromatic carbocycles. The van der Waals surface area contributed by atoms with E-state index in [4.69, 9.17) is 0 Å². The zero-order valence-electron chi connectivity index (χ0n) is 31.3. The highest BCUT2D eigenvalue weighted by atomic mass is 19.4. The van der Waals surface area contributed by atoms with Gasteiger partial charge in [0.05, 0.1) is 11.1 Å². The Morgan fingerprint density at radius 1 is 0.569 bits per heavy atom. The Kier molecular flexibility index (Phi) is 9.86. The van der Waals surface area contributed by atoms with Crippen molar-refractivity contribution in [2.75, 3.05) is 6.54 Å². The summed E-state index contributed by atoms with van der Waals surface area (Å²) in [6, 6.07) is 37.4. The second kappa shape index (κ2) is 14.6. The molecule has 7 aromatic rings. The highest BCUT2D eigenvalue weighted by Gasteiger charge is 2.47. The van der Waals surface area contributed by atoms with E-state index in [1.807, 2.05) is 96.8 Å². The first-order valence-corrected chi connectivity index (χ1v) is 18.9. The molecular weight excluding hydrogens is 753 g/mol. The lowest BCUT2D eigenvalue weighted by molar-refractivity contribution is -0.138. The molecule has 1 saturated heterocycles. The van der Waals surface area contributed by atoms with Crippen LogP contribution >= 0.6 is 0 Å². The van der Waals surface area contributed by atoms with E-state index in [1.165, 1.54) is 0 Å². The van der Waals surface area contributed by atoms with Gasteiger partial charge in [0.25, 0.3) is 0 Å². The number of fused-ring (bicyclic) bond motifs is 2.